The van der Waals surface area contributed by atoms with E-state index in [-0.39, 0.29) is 29.2 Å². The predicted molar refractivity (Wildman–Crippen MR) is 77.8 cm³/mol. The molecule has 114 valence electrons. The summed E-state index contributed by atoms with van der Waals surface area (Å²) in [4.78, 5) is -0.0791. The number of ether oxygens (including phenoxy) is 1. The van der Waals surface area contributed by atoms with Crippen molar-refractivity contribution in [1.29, 1.82) is 0 Å². The minimum absolute atomic E-state index is 0.0411. The lowest BCUT2D eigenvalue weighted by atomic mass is 10.2. The Kier molecular flexibility index (Phi) is 6.25. The lowest BCUT2D eigenvalue weighted by Crippen LogP contribution is -2.43. The van der Waals surface area contributed by atoms with Crippen LogP contribution in [0.3, 0.4) is 0 Å². The van der Waals surface area contributed by atoms with Crippen LogP contribution in [-0.2, 0) is 24.6 Å². The average Bonchev–Trinajstić information content (AvgIpc) is 2.28. The van der Waals surface area contributed by atoms with Crippen LogP contribution in [-0.4, -0.2) is 70.0 Å². The van der Waals surface area contributed by atoms with Crippen LogP contribution in [0.2, 0.25) is 0 Å². The van der Waals surface area contributed by atoms with Gasteiger partial charge in [0.05, 0.1) is 28.2 Å². The smallest absolute Gasteiger partial charge is 0.216 e. The first kappa shape index (κ1) is 17.4. The quantitative estimate of drug-likeness (QED) is 0.619. The topological polar surface area (TPSA) is 80.8 Å². The first-order valence-electron chi connectivity index (χ1n) is 5.97. The molecule has 0 radical (unpaired) electrons. The molecule has 0 N–H and O–H groups in total. The highest BCUT2D eigenvalue weighted by Crippen LogP contribution is 2.22. The number of methoxy groups -OCH3 is 1. The molecule has 0 bridgehead atoms. The fraction of sp³-hybridized carbons (Fsp3) is 1.00. The lowest BCUT2D eigenvalue weighted by molar-refractivity contribution is 0.195. The van der Waals surface area contributed by atoms with Gasteiger partial charge in [0.2, 0.25) is 10.0 Å². The molecule has 6 nitrogen and oxygen atoms in total. The Bertz CT molecular complexity index is 476. The van der Waals surface area contributed by atoms with Crippen LogP contribution < -0.4 is 0 Å². The van der Waals surface area contributed by atoms with E-state index in [4.69, 9.17) is 4.74 Å². The molecule has 0 aromatic heterocycles. The molecule has 0 aromatic carbocycles. The molecule has 0 aliphatic carbocycles. The summed E-state index contributed by atoms with van der Waals surface area (Å²) in [5.74, 6) is -0.0822. The number of hydrogen-bond donors (Lipinski definition) is 0. The highest BCUT2D eigenvalue weighted by molar-refractivity contribution is 9.09. The third-order valence-corrected chi connectivity index (χ3v) is 7.76. The van der Waals surface area contributed by atoms with Crippen LogP contribution >= 0.6 is 15.9 Å². The zero-order valence-corrected chi connectivity index (χ0v) is 14.3. The second-order valence-corrected chi connectivity index (χ2v) is 10.6. The van der Waals surface area contributed by atoms with Gasteiger partial charge in [0.15, 0.2) is 0 Å². The molecule has 0 spiro atoms. The van der Waals surface area contributed by atoms with Gasteiger partial charge in [-0.3, -0.25) is 0 Å². The standard InChI is InChI=1S/C10H20BrNO5S2/c1-12(7-9(11)8-17-2)19(15,16)10-3-5-18(13,14)6-4-10/h9-10H,3-8H2,1-2H3. The van der Waals surface area contributed by atoms with E-state index in [1.54, 1.807) is 7.11 Å². The number of hydrogen-bond acceptors (Lipinski definition) is 5. The van der Waals surface area contributed by atoms with Crippen LogP contribution in [0.15, 0.2) is 0 Å². The molecule has 1 unspecified atom stereocenters. The zero-order valence-electron chi connectivity index (χ0n) is 11.1. The Morgan fingerprint density at radius 3 is 2.37 bits per heavy atom. The van der Waals surface area contributed by atoms with Crippen LogP contribution in [0.1, 0.15) is 12.8 Å². The van der Waals surface area contributed by atoms with Crippen molar-refractivity contribution in [2.24, 2.45) is 0 Å². The van der Waals surface area contributed by atoms with Gasteiger partial charge in [-0.15, -0.1) is 0 Å². The van der Waals surface area contributed by atoms with Crippen molar-refractivity contribution in [3.8, 4) is 0 Å². The summed E-state index contributed by atoms with van der Waals surface area (Å²) >= 11 is 3.35. The Balaban J connectivity index is 2.65. The fourth-order valence-electron chi connectivity index (χ4n) is 2.04. The Morgan fingerprint density at radius 2 is 1.89 bits per heavy atom. The minimum atomic E-state index is -3.44. The molecule has 1 fully saturated rings. The third kappa shape index (κ3) is 4.96. The van der Waals surface area contributed by atoms with E-state index in [0.717, 1.165) is 0 Å². The maximum absolute atomic E-state index is 12.3. The van der Waals surface area contributed by atoms with E-state index in [2.05, 4.69) is 15.9 Å². The number of sulfone groups is 1. The number of sulfonamides is 1. The van der Waals surface area contributed by atoms with Gasteiger partial charge in [0, 0.05) is 20.7 Å². The van der Waals surface area contributed by atoms with Gasteiger partial charge in [0.1, 0.15) is 9.84 Å². The maximum atomic E-state index is 12.3. The molecule has 1 rings (SSSR count). The number of halogens is 1. The molecular weight excluding hydrogens is 358 g/mol. The highest BCUT2D eigenvalue weighted by Gasteiger charge is 2.35. The van der Waals surface area contributed by atoms with Crippen LogP contribution in [0, 0.1) is 0 Å². The number of alkyl halides is 1. The van der Waals surface area contributed by atoms with Gasteiger partial charge in [0.25, 0.3) is 0 Å². The summed E-state index contributed by atoms with van der Waals surface area (Å²) in [6.45, 7) is 0.721. The van der Waals surface area contributed by atoms with Crippen molar-refractivity contribution >= 4 is 35.8 Å². The first-order chi connectivity index (χ1) is 8.69. The van der Waals surface area contributed by atoms with Crippen molar-refractivity contribution in [2.75, 3.05) is 38.8 Å². The second-order valence-electron chi connectivity index (χ2n) is 4.73. The SMILES string of the molecule is COCC(Br)CN(C)S(=O)(=O)C1CCS(=O)(=O)CC1. The normalized spacial score (nSPS) is 22.5. The van der Waals surface area contributed by atoms with Gasteiger partial charge in [-0.2, -0.15) is 0 Å². The number of nitrogens with zero attached hydrogens (tertiary/aromatic N) is 1. The average molecular weight is 378 g/mol. The van der Waals surface area contributed by atoms with E-state index in [0.29, 0.717) is 13.2 Å². The van der Waals surface area contributed by atoms with E-state index in [1.165, 1.54) is 11.4 Å². The summed E-state index contributed by atoms with van der Waals surface area (Å²) in [7, 11) is -3.42. The van der Waals surface area contributed by atoms with Crippen molar-refractivity contribution < 1.29 is 21.6 Å². The van der Waals surface area contributed by atoms with Crippen molar-refractivity contribution in [1.82, 2.24) is 4.31 Å². The van der Waals surface area contributed by atoms with E-state index >= 15 is 0 Å². The number of rotatable bonds is 6. The summed E-state index contributed by atoms with van der Waals surface area (Å²) < 4.78 is 53.5. The Hall–Kier alpha value is 0.300. The monoisotopic (exact) mass is 377 g/mol. The predicted octanol–water partition coefficient (Wildman–Crippen LogP) is 0.235. The van der Waals surface area contributed by atoms with E-state index < -0.39 is 25.1 Å². The summed E-state index contributed by atoms with van der Waals surface area (Å²) in [6.07, 6.45) is 0.373. The maximum Gasteiger partial charge on any atom is 0.216 e. The Morgan fingerprint density at radius 1 is 1.37 bits per heavy atom. The molecule has 0 saturated carbocycles. The molecule has 1 aliphatic rings. The van der Waals surface area contributed by atoms with E-state index in [9.17, 15) is 16.8 Å². The fourth-order valence-corrected chi connectivity index (χ4v) is 6.45. The van der Waals surface area contributed by atoms with Gasteiger partial charge in [-0.1, -0.05) is 15.9 Å². The van der Waals surface area contributed by atoms with Crippen molar-refractivity contribution in [2.45, 2.75) is 22.9 Å². The summed E-state index contributed by atoms with van der Waals surface area (Å²) in [6, 6.07) is 0. The van der Waals surface area contributed by atoms with Crippen molar-refractivity contribution in [3.63, 3.8) is 0 Å². The minimum Gasteiger partial charge on any atom is -0.383 e. The molecule has 9 heteroatoms. The molecule has 1 aliphatic heterocycles. The molecular formula is C10H20BrNO5S2. The molecule has 0 aromatic rings. The second kappa shape index (κ2) is 6.84. The molecule has 19 heavy (non-hydrogen) atoms. The van der Waals surface area contributed by atoms with Gasteiger partial charge in [-0.05, 0) is 12.8 Å². The first-order valence-corrected chi connectivity index (χ1v) is 10.2. The van der Waals surface area contributed by atoms with Crippen LogP contribution in [0.4, 0.5) is 0 Å². The third-order valence-electron chi connectivity index (χ3n) is 3.16. The molecule has 1 heterocycles. The molecule has 1 atom stereocenters. The summed E-state index contributed by atoms with van der Waals surface area (Å²) in [5, 5.41) is -0.594. The van der Waals surface area contributed by atoms with Gasteiger partial charge >= 0.3 is 0 Å². The molecule has 0 amide bonds. The van der Waals surface area contributed by atoms with Crippen LogP contribution in [0.5, 0.6) is 0 Å². The lowest BCUT2D eigenvalue weighted by Gasteiger charge is -2.28. The largest absolute Gasteiger partial charge is 0.383 e. The van der Waals surface area contributed by atoms with E-state index in [1.807, 2.05) is 0 Å². The Labute approximate surface area is 123 Å². The summed E-state index contributed by atoms with van der Waals surface area (Å²) in [5.41, 5.74) is 0. The molecule has 1 saturated heterocycles. The van der Waals surface area contributed by atoms with Crippen molar-refractivity contribution in [3.05, 3.63) is 0 Å². The highest BCUT2D eigenvalue weighted by atomic mass is 79.9. The van der Waals surface area contributed by atoms with Gasteiger partial charge in [-0.25, -0.2) is 21.1 Å². The van der Waals surface area contributed by atoms with Gasteiger partial charge < -0.3 is 4.74 Å². The van der Waals surface area contributed by atoms with Crippen LogP contribution in [0.25, 0.3) is 0 Å². The zero-order chi connectivity index (χ0) is 14.7.